The Labute approximate surface area is 218 Å². The van der Waals surface area contributed by atoms with Crippen LogP contribution in [-0.4, -0.2) is 73.0 Å². The number of H-pyrrole nitrogens is 1. The van der Waals surface area contributed by atoms with E-state index >= 15 is 0 Å². The summed E-state index contributed by atoms with van der Waals surface area (Å²) in [6, 6.07) is 4.76. The Morgan fingerprint density at radius 1 is 1.26 bits per heavy atom. The van der Waals surface area contributed by atoms with Crippen molar-refractivity contribution in [3.05, 3.63) is 47.7 Å². The predicted molar refractivity (Wildman–Crippen MR) is 135 cm³/mol. The number of benzene rings is 1. The molecule has 1 fully saturated rings. The van der Waals surface area contributed by atoms with E-state index in [0.29, 0.717) is 35.6 Å². The second-order valence-electron chi connectivity index (χ2n) is 9.51. The fourth-order valence-corrected chi connectivity index (χ4v) is 5.20. The van der Waals surface area contributed by atoms with Gasteiger partial charge in [0.05, 0.1) is 12.4 Å². The topological polar surface area (TPSA) is 188 Å². The molecule has 3 atom stereocenters. The van der Waals surface area contributed by atoms with Crippen molar-refractivity contribution in [1.82, 2.24) is 35.5 Å². The molecular formula is C25H30N8O5. The zero-order valence-electron chi connectivity index (χ0n) is 20.7. The van der Waals surface area contributed by atoms with Crippen molar-refractivity contribution in [3.63, 3.8) is 0 Å². The van der Waals surface area contributed by atoms with Crippen LogP contribution in [0, 0.1) is 0 Å². The Hall–Kier alpha value is -4.26. The van der Waals surface area contributed by atoms with Crippen LogP contribution in [0.1, 0.15) is 48.6 Å². The van der Waals surface area contributed by atoms with Gasteiger partial charge in [-0.15, -0.1) is 0 Å². The molecule has 2 aliphatic rings. The molecule has 2 aromatic heterocycles. The number of aromatic nitrogens is 4. The summed E-state index contributed by atoms with van der Waals surface area (Å²) in [6.07, 6.45) is 3.68. The predicted octanol–water partition coefficient (Wildman–Crippen LogP) is 1.01. The molecule has 6 N–H and O–H groups in total. The van der Waals surface area contributed by atoms with Gasteiger partial charge in [0.1, 0.15) is 29.3 Å². The molecule has 2 aliphatic heterocycles. The summed E-state index contributed by atoms with van der Waals surface area (Å²) in [7, 11) is 0. The molecule has 5 rings (SSSR count). The Balaban J connectivity index is 1.42. The molecular weight excluding hydrogens is 492 g/mol. The van der Waals surface area contributed by atoms with Gasteiger partial charge in [0.25, 0.3) is 0 Å². The number of nitrogens with one attached hydrogen (secondary N) is 3. The summed E-state index contributed by atoms with van der Waals surface area (Å²) < 4.78 is 6.68. The third-order valence-electron chi connectivity index (χ3n) is 7.06. The number of rotatable bonds is 9. The standard InChI is InChI=1S/C25H30N8O5/c26-19(34)7-6-17(32-25(36)37)24(35)33-10-8-14-3-1-5-18(15(14)11-33)38-22(16-4-2-9-27-16)20-21-23(30-12-28-20)31-13-29-21/h1,3,5,12-13,16-17,22,27,32H,2,4,6-11H2,(H2,26,34)(H,36,37)(H,28,29,30,31)/t16?,17-,22+/m0/s1. The summed E-state index contributed by atoms with van der Waals surface area (Å²) in [6.45, 7) is 1.53. The van der Waals surface area contributed by atoms with E-state index in [2.05, 4.69) is 30.6 Å². The number of primary amides is 1. The zero-order valence-corrected chi connectivity index (χ0v) is 20.7. The first-order valence-electron chi connectivity index (χ1n) is 12.6. The summed E-state index contributed by atoms with van der Waals surface area (Å²) in [5.74, 6) is -0.375. The van der Waals surface area contributed by atoms with Crippen LogP contribution < -0.4 is 21.1 Å². The second kappa shape index (κ2) is 11.0. The highest BCUT2D eigenvalue weighted by Crippen LogP contribution is 2.35. The van der Waals surface area contributed by atoms with Crippen LogP contribution in [-0.2, 0) is 22.6 Å². The van der Waals surface area contributed by atoms with E-state index < -0.39 is 30.1 Å². The highest BCUT2D eigenvalue weighted by molar-refractivity contribution is 5.86. The van der Waals surface area contributed by atoms with Crippen LogP contribution in [0.2, 0.25) is 0 Å². The highest BCUT2D eigenvalue weighted by atomic mass is 16.5. The molecule has 0 saturated carbocycles. The second-order valence-corrected chi connectivity index (χ2v) is 9.51. The summed E-state index contributed by atoms with van der Waals surface area (Å²) in [5.41, 5.74) is 9.11. The van der Waals surface area contributed by atoms with Crippen molar-refractivity contribution in [3.8, 4) is 5.75 Å². The van der Waals surface area contributed by atoms with Gasteiger partial charge < -0.3 is 36.1 Å². The molecule has 13 nitrogen and oxygen atoms in total. The van der Waals surface area contributed by atoms with Crippen molar-refractivity contribution in [2.75, 3.05) is 13.1 Å². The van der Waals surface area contributed by atoms with Crippen molar-refractivity contribution < 1.29 is 24.2 Å². The Morgan fingerprint density at radius 3 is 2.89 bits per heavy atom. The number of carbonyl (C=O) groups is 3. The van der Waals surface area contributed by atoms with Gasteiger partial charge in [-0.2, -0.15) is 0 Å². The number of ether oxygens (including phenoxy) is 1. The van der Waals surface area contributed by atoms with E-state index in [0.717, 1.165) is 30.5 Å². The lowest BCUT2D eigenvalue weighted by Crippen LogP contribution is -2.50. The van der Waals surface area contributed by atoms with Crippen LogP contribution in [0.25, 0.3) is 11.2 Å². The highest BCUT2D eigenvalue weighted by Gasteiger charge is 2.34. The smallest absolute Gasteiger partial charge is 0.405 e. The lowest BCUT2D eigenvalue weighted by molar-refractivity contribution is -0.134. The number of aromatic amines is 1. The first kappa shape index (κ1) is 25.4. The monoisotopic (exact) mass is 522 g/mol. The minimum absolute atomic E-state index is 0.00864. The molecule has 3 amide bonds. The van der Waals surface area contributed by atoms with E-state index in [1.54, 1.807) is 11.2 Å². The van der Waals surface area contributed by atoms with Crippen molar-refractivity contribution >= 4 is 29.1 Å². The lowest BCUT2D eigenvalue weighted by atomic mass is 9.97. The fraction of sp³-hybridized carbons (Fsp3) is 0.440. The number of amides is 3. The zero-order chi connectivity index (χ0) is 26.6. The molecule has 0 radical (unpaired) electrons. The minimum atomic E-state index is -1.34. The number of carboxylic acid groups (broad SMARTS) is 1. The van der Waals surface area contributed by atoms with Crippen molar-refractivity contribution in [2.24, 2.45) is 5.73 Å². The van der Waals surface area contributed by atoms with E-state index in [9.17, 15) is 19.5 Å². The molecule has 0 bridgehead atoms. The van der Waals surface area contributed by atoms with Crippen LogP contribution in [0.3, 0.4) is 0 Å². The molecule has 4 heterocycles. The average molecular weight is 523 g/mol. The van der Waals surface area contributed by atoms with Gasteiger partial charge >= 0.3 is 6.09 Å². The molecule has 1 unspecified atom stereocenters. The molecule has 38 heavy (non-hydrogen) atoms. The van der Waals surface area contributed by atoms with Gasteiger partial charge in [-0.05, 0) is 43.9 Å². The number of hydrogen-bond acceptors (Lipinski definition) is 8. The van der Waals surface area contributed by atoms with Gasteiger partial charge in [0.15, 0.2) is 11.8 Å². The average Bonchev–Trinajstić information content (AvgIpc) is 3.61. The maximum Gasteiger partial charge on any atom is 0.405 e. The van der Waals surface area contributed by atoms with Crippen molar-refractivity contribution in [2.45, 2.75) is 56.8 Å². The molecule has 0 aliphatic carbocycles. The van der Waals surface area contributed by atoms with Gasteiger partial charge in [-0.25, -0.2) is 19.7 Å². The van der Waals surface area contributed by atoms with E-state index in [1.807, 2.05) is 18.2 Å². The Morgan fingerprint density at radius 2 is 2.13 bits per heavy atom. The first-order chi connectivity index (χ1) is 18.4. The molecule has 1 aromatic carbocycles. The summed E-state index contributed by atoms with van der Waals surface area (Å²) in [4.78, 5) is 53.6. The Bertz CT molecular complexity index is 1340. The summed E-state index contributed by atoms with van der Waals surface area (Å²) in [5, 5.41) is 15.0. The van der Waals surface area contributed by atoms with E-state index in [4.69, 9.17) is 10.5 Å². The van der Waals surface area contributed by atoms with Gasteiger partial charge in [-0.3, -0.25) is 9.59 Å². The van der Waals surface area contributed by atoms with Crippen LogP contribution in [0.5, 0.6) is 5.75 Å². The van der Waals surface area contributed by atoms with Gasteiger partial charge in [0, 0.05) is 25.1 Å². The van der Waals surface area contributed by atoms with Crippen LogP contribution in [0.15, 0.2) is 30.9 Å². The largest absolute Gasteiger partial charge is 0.482 e. The third-order valence-corrected chi connectivity index (χ3v) is 7.06. The molecule has 200 valence electrons. The van der Waals surface area contributed by atoms with Crippen LogP contribution >= 0.6 is 0 Å². The van der Waals surface area contributed by atoms with E-state index in [-0.39, 0.29) is 25.4 Å². The quantitative estimate of drug-likeness (QED) is 0.273. The minimum Gasteiger partial charge on any atom is -0.482 e. The maximum absolute atomic E-state index is 13.3. The SMILES string of the molecule is NC(=O)CC[C@H](NC(=O)O)C(=O)N1CCc2cccc(O[C@@H](c3ncnc4nc[nH]c34)C3CCCN3)c2C1. The van der Waals surface area contributed by atoms with Crippen LogP contribution in [0.4, 0.5) is 4.79 Å². The number of fused-ring (bicyclic) bond motifs is 2. The number of imidazole rings is 1. The lowest BCUT2D eigenvalue weighted by Gasteiger charge is -2.34. The molecule has 0 spiro atoms. The van der Waals surface area contributed by atoms with E-state index in [1.165, 1.54) is 6.33 Å². The maximum atomic E-state index is 13.3. The number of carbonyl (C=O) groups excluding carboxylic acids is 2. The molecule has 13 heteroatoms. The molecule has 1 saturated heterocycles. The van der Waals surface area contributed by atoms with Gasteiger partial charge in [-0.1, -0.05) is 12.1 Å². The fourth-order valence-electron chi connectivity index (χ4n) is 5.20. The van der Waals surface area contributed by atoms with Crippen molar-refractivity contribution in [1.29, 1.82) is 0 Å². The Kier molecular flexibility index (Phi) is 7.36. The third kappa shape index (κ3) is 5.37. The van der Waals surface area contributed by atoms with Gasteiger partial charge in [0.2, 0.25) is 11.8 Å². The normalized spacial score (nSPS) is 18.5. The number of nitrogens with zero attached hydrogens (tertiary/aromatic N) is 4. The number of nitrogens with two attached hydrogens (primary N) is 1. The first-order valence-corrected chi connectivity index (χ1v) is 12.6. The number of hydrogen-bond donors (Lipinski definition) is 5. The molecule has 3 aromatic rings. The summed E-state index contributed by atoms with van der Waals surface area (Å²) >= 11 is 0.